The minimum absolute atomic E-state index is 0.0114. The number of aliphatic hydroxyl groups excluding tert-OH is 1. The number of hydrogen-bond donors (Lipinski definition) is 1. The molecule has 0 amide bonds. The number of aliphatic hydroxyl groups is 1. The van der Waals surface area contributed by atoms with E-state index in [1.165, 1.54) is 0 Å². The van der Waals surface area contributed by atoms with Crippen LogP contribution in [0.15, 0.2) is 49.0 Å². The predicted octanol–water partition coefficient (Wildman–Crippen LogP) is 3.26. The van der Waals surface area contributed by atoms with Crippen LogP contribution in [0.5, 0.6) is 11.5 Å². The number of benzene rings is 2. The predicted molar refractivity (Wildman–Crippen MR) is 80.0 cm³/mol. The van der Waals surface area contributed by atoms with Crippen molar-refractivity contribution >= 4 is 5.57 Å². The van der Waals surface area contributed by atoms with E-state index in [2.05, 4.69) is 6.58 Å². The highest BCUT2D eigenvalue weighted by atomic mass is 16.5. The van der Waals surface area contributed by atoms with Crippen molar-refractivity contribution in [2.24, 2.45) is 0 Å². The maximum Gasteiger partial charge on any atom is 0.161 e. The van der Waals surface area contributed by atoms with Gasteiger partial charge in [0.25, 0.3) is 0 Å². The van der Waals surface area contributed by atoms with E-state index in [9.17, 15) is 5.11 Å². The molecule has 0 saturated carbocycles. The topological polar surface area (TPSA) is 38.7 Å². The van der Waals surface area contributed by atoms with E-state index < -0.39 is 0 Å². The summed E-state index contributed by atoms with van der Waals surface area (Å²) in [6.07, 6.45) is 0. The minimum atomic E-state index is -0.0114. The number of rotatable bonds is 5. The lowest BCUT2D eigenvalue weighted by Crippen LogP contribution is -1.96. The Morgan fingerprint density at radius 1 is 1.05 bits per heavy atom. The molecule has 2 aromatic carbocycles. The maximum atomic E-state index is 9.41. The van der Waals surface area contributed by atoms with Crippen LogP contribution in [0, 0.1) is 0 Å². The molecular weight excluding hydrogens is 252 g/mol. The van der Waals surface area contributed by atoms with Crippen LogP contribution in [0.3, 0.4) is 0 Å². The van der Waals surface area contributed by atoms with Crippen LogP contribution in [0.1, 0.15) is 16.7 Å². The summed E-state index contributed by atoms with van der Waals surface area (Å²) in [5.41, 5.74) is 3.56. The molecule has 0 spiro atoms. The van der Waals surface area contributed by atoms with Crippen LogP contribution in [-0.2, 0) is 6.61 Å². The molecule has 0 aromatic heterocycles. The first kappa shape index (κ1) is 14.2. The Morgan fingerprint density at radius 2 is 1.75 bits per heavy atom. The molecule has 0 atom stereocenters. The first-order valence-corrected chi connectivity index (χ1v) is 6.31. The molecule has 3 nitrogen and oxygen atoms in total. The largest absolute Gasteiger partial charge is 0.493 e. The highest BCUT2D eigenvalue weighted by molar-refractivity contribution is 5.80. The lowest BCUT2D eigenvalue weighted by Gasteiger charge is -2.13. The van der Waals surface area contributed by atoms with Crippen molar-refractivity contribution in [1.82, 2.24) is 0 Å². The molecule has 0 saturated heterocycles. The van der Waals surface area contributed by atoms with E-state index in [0.29, 0.717) is 11.5 Å². The van der Waals surface area contributed by atoms with E-state index in [-0.39, 0.29) is 6.61 Å². The fourth-order valence-electron chi connectivity index (χ4n) is 2.13. The van der Waals surface area contributed by atoms with Crippen LogP contribution in [0.4, 0.5) is 0 Å². The van der Waals surface area contributed by atoms with Crippen molar-refractivity contribution in [2.75, 3.05) is 14.2 Å². The summed E-state index contributed by atoms with van der Waals surface area (Å²) in [6, 6.07) is 13.3. The van der Waals surface area contributed by atoms with E-state index in [1.54, 1.807) is 14.2 Å². The fraction of sp³-hybridized carbons (Fsp3) is 0.176. The zero-order valence-electron chi connectivity index (χ0n) is 11.7. The molecule has 20 heavy (non-hydrogen) atoms. The van der Waals surface area contributed by atoms with Gasteiger partial charge in [-0.05, 0) is 34.4 Å². The van der Waals surface area contributed by atoms with Gasteiger partial charge < -0.3 is 14.6 Å². The van der Waals surface area contributed by atoms with Gasteiger partial charge in [-0.1, -0.05) is 36.9 Å². The Kier molecular flexibility index (Phi) is 4.43. The van der Waals surface area contributed by atoms with Crippen LogP contribution >= 0.6 is 0 Å². The molecule has 0 heterocycles. The second-order valence-electron chi connectivity index (χ2n) is 4.36. The molecule has 0 bridgehead atoms. The summed E-state index contributed by atoms with van der Waals surface area (Å²) in [5.74, 6) is 1.34. The SMILES string of the molecule is C=C(c1ccc(OC)c(OC)c1)c1ccccc1CO. The lowest BCUT2D eigenvalue weighted by molar-refractivity contribution is 0.281. The van der Waals surface area contributed by atoms with E-state index >= 15 is 0 Å². The summed E-state index contributed by atoms with van der Waals surface area (Å²) in [6.45, 7) is 4.12. The fourth-order valence-corrected chi connectivity index (χ4v) is 2.13. The molecule has 0 unspecified atom stereocenters. The summed E-state index contributed by atoms with van der Waals surface area (Å²) in [7, 11) is 3.21. The first-order chi connectivity index (χ1) is 9.71. The molecule has 2 rings (SSSR count). The highest BCUT2D eigenvalue weighted by Crippen LogP contribution is 2.32. The molecule has 0 aliphatic carbocycles. The molecular formula is C17H18O3. The smallest absolute Gasteiger partial charge is 0.161 e. The van der Waals surface area contributed by atoms with Gasteiger partial charge >= 0.3 is 0 Å². The summed E-state index contributed by atoms with van der Waals surface area (Å²) < 4.78 is 10.5. The van der Waals surface area contributed by atoms with Crippen molar-refractivity contribution in [3.8, 4) is 11.5 Å². The molecule has 2 aromatic rings. The monoisotopic (exact) mass is 270 g/mol. The first-order valence-electron chi connectivity index (χ1n) is 6.31. The number of methoxy groups -OCH3 is 2. The van der Waals surface area contributed by atoms with Crippen molar-refractivity contribution in [2.45, 2.75) is 6.61 Å². The second kappa shape index (κ2) is 6.26. The summed E-state index contributed by atoms with van der Waals surface area (Å²) in [5, 5.41) is 9.41. The highest BCUT2D eigenvalue weighted by Gasteiger charge is 2.10. The van der Waals surface area contributed by atoms with Gasteiger partial charge in [-0.25, -0.2) is 0 Å². The van der Waals surface area contributed by atoms with Crippen molar-refractivity contribution in [1.29, 1.82) is 0 Å². The average molecular weight is 270 g/mol. The van der Waals surface area contributed by atoms with Crippen molar-refractivity contribution < 1.29 is 14.6 Å². The zero-order chi connectivity index (χ0) is 14.5. The molecule has 0 radical (unpaired) electrons. The van der Waals surface area contributed by atoms with Gasteiger partial charge in [-0.3, -0.25) is 0 Å². The molecule has 3 heteroatoms. The lowest BCUT2D eigenvalue weighted by atomic mass is 9.95. The van der Waals surface area contributed by atoms with Gasteiger partial charge in [0, 0.05) is 0 Å². The van der Waals surface area contributed by atoms with Gasteiger partial charge in [0.1, 0.15) is 0 Å². The van der Waals surface area contributed by atoms with Gasteiger partial charge in [-0.2, -0.15) is 0 Å². The minimum Gasteiger partial charge on any atom is -0.493 e. The van der Waals surface area contributed by atoms with Gasteiger partial charge in [0.2, 0.25) is 0 Å². The van der Waals surface area contributed by atoms with Crippen molar-refractivity contribution in [3.05, 3.63) is 65.7 Å². The molecule has 0 aliphatic heterocycles. The Morgan fingerprint density at radius 3 is 2.40 bits per heavy atom. The molecule has 104 valence electrons. The average Bonchev–Trinajstić information content (AvgIpc) is 2.53. The third-order valence-corrected chi connectivity index (χ3v) is 3.24. The van der Waals surface area contributed by atoms with Gasteiger partial charge in [0.05, 0.1) is 20.8 Å². The Hall–Kier alpha value is -2.26. The zero-order valence-corrected chi connectivity index (χ0v) is 11.7. The van der Waals surface area contributed by atoms with Crippen LogP contribution in [-0.4, -0.2) is 19.3 Å². The quantitative estimate of drug-likeness (QED) is 0.906. The standard InChI is InChI=1S/C17H18O3/c1-12(15-7-5-4-6-14(15)11-18)13-8-9-16(19-2)17(10-13)20-3/h4-10,18H,1,11H2,2-3H3. The number of hydrogen-bond acceptors (Lipinski definition) is 3. The molecule has 1 N–H and O–H groups in total. The van der Waals surface area contributed by atoms with Crippen LogP contribution in [0.25, 0.3) is 5.57 Å². The van der Waals surface area contributed by atoms with E-state index in [4.69, 9.17) is 9.47 Å². The van der Waals surface area contributed by atoms with Crippen molar-refractivity contribution in [3.63, 3.8) is 0 Å². The van der Waals surface area contributed by atoms with Crippen LogP contribution in [0.2, 0.25) is 0 Å². The summed E-state index contributed by atoms with van der Waals surface area (Å²) in [4.78, 5) is 0. The normalized spacial score (nSPS) is 10.2. The number of ether oxygens (including phenoxy) is 2. The Labute approximate surface area is 119 Å². The van der Waals surface area contributed by atoms with Gasteiger partial charge in [0.15, 0.2) is 11.5 Å². The Bertz CT molecular complexity index is 617. The Balaban J connectivity index is 2.43. The summed E-state index contributed by atoms with van der Waals surface area (Å²) >= 11 is 0. The van der Waals surface area contributed by atoms with Gasteiger partial charge in [-0.15, -0.1) is 0 Å². The second-order valence-corrected chi connectivity index (χ2v) is 4.36. The van der Waals surface area contributed by atoms with Crippen LogP contribution < -0.4 is 9.47 Å². The third kappa shape index (κ3) is 2.68. The molecule has 0 aliphatic rings. The molecule has 0 fully saturated rings. The van der Waals surface area contributed by atoms with E-state index in [1.807, 2.05) is 42.5 Å². The maximum absolute atomic E-state index is 9.41. The third-order valence-electron chi connectivity index (χ3n) is 3.24. The van der Waals surface area contributed by atoms with E-state index in [0.717, 1.165) is 22.3 Å².